The Kier molecular flexibility index (Phi) is 4.77. The number of methoxy groups -OCH3 is 1. The van der Waals surface area contributed by atoms with E-state index in [2.05, 4.69) is 33.4 Å². The molecule has 27 heavy (non-hydrogen) atoms. The van der Waals surface area contributed by atoms with E-state index < -0.39 is 0 Å². The van der Waals surface area contributed by atoms with E-state index in [1.807, 2.05) is 35.6 Å². The molecule has 3 heterocycles. The van der Waals surface area contributed by atoms with Gasteiger partial charge in [0, 0.05) is 39.3 Å². The van der Waals surface area contributed by atoms with Gasteiger partial charge in [0.1, 0.15) is 12.1 Å². The van der Waals surface area contributed by atoms with Crippen molar-refractivity contribution >= 4 is 17.2 Å². The van der Waals surface area contributed by atoms with Crippen molar-refractivity contribution in [3.8, 4) is 16.9 Å². The maximum Gasteiger partial charge on any atom is 0.168 e. The van der Waals surface area contributed by atoms with E-state index in [1.54, 1.807) is 19.6 Å². The van der Waals surface area contributed by atoms with Crippen molar-refractivity contribution in [3.63, 3.8) is 0 Å². The number of hydrogen-bond donors (Lipinski definition) is 0. The fourth-order valence-electron chi connectivity index (χ4n) is 3.37. The highest BCUT2D eigenvalue weighted by molar-refractivity contribution is 6.31. The number of aromatic nitrogens is 4. The van der Waals surface area contributed by atoms with Gasteiger partial charge >= 0.3 is 0 Å². The Hall–Kier alpha value is -2.92. The smallest absolute Gasteiger partial charge is 0.168 e. The van der Waals surface area contributed by atoms with Crippen molar-refractivity contribution in [1.82, 2.24) is 19.6 Å². The quantitative estimate of drug-likeness (QED) is 0.511. The minimum Gasteiger partial charge on any atom is -0.496 e. The van der Waals surface area contributed by atoms with Crippen LogP contribution in [0, 0.1) is 6.92 Å². The van der Waals surface area contributed by atoms with Gasteiger partial charge in [-0.1, -0.05) is 23.7 Å². The van der Waals surface area contributed by atoms with Gasteiger partial charge in [0.05, 0.1) is 7.11 Å². The lowest BCUT2D eigenvalue weighted by atomic mass is 10.0. The molecule has 4 aromatic rings. The summed E-state index contributed by atoms with van der Waals surface area (Å²) < 4.78 is 7.49. The summed E-state index contributed by atoms with van der Waals surface area (Å²) >= 11 is 6.38. The Morgan fingerprint density at radius 1 is 1.04 bits per heavy atom. The third kappa shape index (κ3) is 3.26. The molecule has 0 aliphatic carbocycles. The van der Waals surface area contributed by atoms with Crippen LogP contribution in [0.2, 0.25) is 5.02 Å². The second kappa shape index (κ2) is 7.37. The molecule has 0 radical (unpaired) electrons. The second-order valence-corrected chi connectivity index (χ2v) is 6.73. The van der Waals surface area contributed by atoms with Gasteiger partial charge in [0.15, 0.2) is 5.65 Å². The Morgan fingerprint density at radius 3 is 2.74 bits per heavy atom. The highest BCUT2D eigenvalue weighted by atomic mass is 35.5. The van der Waals surface area contributed by atoms with Crippen molar-refractivity contribution in [2.24, 2.45) is 0 Å². The molecular formula is C21H19ClN4O. The van der Waals surface area contributed by atoms with E-state index in [-0.39, 0.29) is 0 Å². The topological polar surface area (TPSA) is 52.3 Å². The fraction of sp³-hybridized carbons (Fsp3) is 0.190. The van der Waals surface area contributed by atoms with E-state index in [0.29, 0.717) is 0 Å². The summed E-state index contributed by atoms with van der Waals surface area (Å²) in [7, 11) is 1.66. The van der Waals surface area contributed by atoms with Crippen LogP contribution in [0.25, 0.3) is 16.8 Å². The van der Waals surface area contributed by atoms with Crippen molar-refractivity contribution in [2.75, 3.05) is 7.11 Å². The van der Waals surface area contributed by atoms with Crippen LogP contribution in [0.3, 0.4) is 0 Å². The molecule has 0 aliphatic rings. The van der Waals surface area contributed by atoms with Crippen LogP contribution in [-0.2, 0) is 12.8 Å². The van der Waals surface area contributed by atoms with Crippen LogP contribution in [0.15, 0.2) is 55.0 Å². The molecule has 0 aliphatic heterocycles. The van der Waals surface area contributed by atoms with Crippen LogP contribution in [0.5, 0.6) is 5.75 Å². The normalized spacial score (nSPS) is 11.1. The molecule has 0 saturated carbocycles. The minimum atomic E-state index is 0.719. The molecule has 0 amide bonds. The van der Waals surface area contributed by atoms with E-state index >= 15 is 0 Å². The van der Waals surface area contributed by atoms with Gasteiger partial charge in [0.2, 0.25) is 0 Å². The largest absolute Gasteiger partial charge is 0.496 e. The number of nitrogens with zero attached hydrogens (tertiary/aromatic N) is 4. The molecular weight excluding hydrogens is 360 g/mol. The highest BCUT2D eigenvalue weighted by Crippen LogP contribution is 2.29. The van der Waals surface area contributed by atoms with Crippen LogP contribution in [0.1, 0.15) is 17.0 Å². The average molecular weight is 379 g/mol. The van der Waals surface area contributed by atoms with Gasteiger partial charge < -0.3 is 4.74 Å². The van der Waals surface area contributed by atoms with Crippen LogP contribution < -0.4 is 4.74 Å². The summed E-state index contributed by atoms with van der Waals surface area (Å²) in [5.74, 6) is 0.810. The van der Waals surface area contributed by atoms with Crippen LogP contribution in [-0.4, -0.2) is 26.7 Å². The number of fused-ring (bicyclic) bond motifs is 1. The zero-order chi connectivity index (χ0) is 18.8. The van der Waals surface area contributed by atoms with E-state index in [1.165, 1.54) is 0 Å². The van der Waals surface area contributed by atoms with Crippen molar-refractivity contribution in [2.45, 2.75) is 19.8 Å². The number of halogens is 1. The zero-order valence-corrected chi connectivity index (χ0v) is 15.9. The monoisotopic (exact) mass is 378 g/mol. The van der Waals surface area contributed by atoms with Gasteiger partial charge in [-0.25, -0.2) is 0 Å². The molecule has 5 nitrogen and oxygen atoms in total. The van der Waals surface area contributed by atoms with Crippen molar-refractivity contribution in [1.29, 1.82) is 0 Å². The molecule has 1 aromatic carbocycles. The lowest BCUT2D eigenvalue weighted by Crippen LogP contribution is -2.02. The molecule has 6 heteroatoms. The number of hydrogen-bond acceptors (Lipinski definition) is 4. The SMILES string of the molecule is COc1cccc(Cl)c1CCc1ccc(-c2cccnc2C)c2nncn12. The lowest BCUT2D eigenvalue weighted by Gasteiger charge is -2.12. The first kappa shape index (κ1) is 17.5. The molecule has 0 spiro atoms. The number of rotatable bonds is 5. The second-order valence-electron chi connectivity index (χ2n) is 6.32. The van der Waals surface area contributed by atoms with E-state index in [0.717, 1.165) is 57.3 Å². The van der Waals surface area contributed by atoms with Crippen molar-refractivity contribution in [3.05, 3.63) is 77.0 Å². The van der Waals surface area contributed by atoms with Crippen molar-refractivity contribution < 1.29 is 4.74 Å². The van der Waals surface area contributed by atoms with Gasteiger partial charge in [-0.3, -0.25) is 9.38 Å². The number of ether oxygens (including phenoxy) is 1. The average Bonchev–Trinajstić information content (AvgIpc) is 3.17. The Balaban J connectivity index is 1.70. The van der Waals surface area contributed by atoms with Crippen LogP contribution >= 0.6 is 11.6 Å². The summed E-state index contributed by atoms with van der Waals surface area (Å²) in [5, 5.41) is 9.18. The Morgan fingerprint density at radius 2 is 1.93 bits per heavy atom. The number of benzene rings is 1. The standard InChI is InChI=1S/C21H19ClN4O/c1-14-16(5-4-12-23-14)17-10-8-15(26-13-24-25-21(17)26)9-11-18-19(22)6-3-7-20(18)27-2/h3-8,10,12-13H,9,11H2,1-2H3. The molecule has 0 N–H and O–H groups in total. The maximum atomic E-state index is 6.38. The Labute approximate surface area is 162 Å². The number of pyridine rings is 2. The molecule has 3 aromatic heterocycles. The minimum absolute atomic E-state index is 0.719. The van der Waals surface area contributed by atoms with E-state index in [4.69, 9.17) is 16.3 Å². The third-order valence-electron chi connectivity index (χ3n) is 4.76. The highest BCUT2D eigenvalue weighted by Gasteiger charge is 2.13. The van der Waals surface area contributed by atoms with Crippen LogP contribution in [0.4, 0.5) is 0 Å². The summed E-state index contributed by atoms with van der Waals surface area (Å²) in [5.41, 5.74) is 6.01. The zero-order valence-electron chi connectivity index (χ0n) is 15.2. The number of aryl methyl sites for hydroxylation is 2. The van der Waals surface area contributed by atoms with Gasteiger partial charge in [0.25, 0.3) is 0 Å². The molecule has 0 fully saturated rings. The first-order chi connectivity index (χ1) is 13.2. The van der Waals surface area contributed by atoms with E-state index in [9.17, 15) is 0 Å². The molecule has 0 bridgehead atoms. The molecule has 0 atom stereocenters. The van der Waals surface area contributed by atoms with Gasteiger partial charge in [-0.2, -0.15) is 0 Å². The molecule has 4 rings (SSSR count). The van der Waals surface area contributed by atoms with Gasteiger partial charge in [-0.15, -0.1) is 10.2 Å². The lowest BCUT2D eigenvalue weighted by molar-refractivity contribution is 0.409. The predicted octanol–water partition coefficient (Wildman–Crippen LogP) is 4.55. The maximum absolute atomic E-state index is 6.38. The van der Waals surface area contributed by atoms with Gasteiger partial charge in [-0.05, 0) is 50.1 Å². The first-order valence-corrected chi connectivity index (χ1v) is 9.12. The summed E-state index contributed by atoms with van der Waals surface area (Å²) in [6.07, 6.45) is 5.11. The molecule has 0 unspecified atom stereocenters. The molecule has 0 saturated heterocycles. The first-order valence-electron chi connectivity index (χ1n) is 8.74. The Bertz CT molecular complexity index is 1110. The summed E-state index contributed by atoms with van der Waals surface area (Å²) in [6.45, 7) is 2.00. The third-order valence-corrected chi connectivity index (χ3v) is 5.12. The predicted molar refractivity (Wildman–Crippen MR) is 106 cm³/mol. The summed E-state index contributed by atoms with van der Waals surface area (Å²) in [6, 6.07) is 13.9. The molecule has 136 valence electrons. The fourth-order valence-corrected chi connectivity index (χ4v) is 3.63. The summed E-state index contributed by atoms with van der Waals surface area (Å²) in [4.78, 5) is 4.39.